The Morgan fingerprint density at radius 3 is 2.24 bits per heavy atom. The maximum absolute atomic E-state index is 12.8. The SMILES string of the molecule is CN(C(=O)OC1(O)CCN(S(=O)(=O)c2ccccc2Cl)CC1)c1ccc(OC(F)(F)F)cc1. The van der Waals surface area contributed by atoms with E-state index < -0.39 is 34.0 Å². The van der Waals surface area contributed by atoms with Gasteiger partial charge in [-0.2, -0.15) is 4.31 Å². The van der Waals surface area contributed by atoms with Gasteiger partial charge < -0.3 is 14.6 Å². The number of benzene rings is 2. The van der Waals surface area contributed by atoms with E-state index in [1.807, 2.05) is 0 Å². The number of aliphatic hydroxyl groups is 1. The first-order chi connectivity index (χ1) is 15.3. The molecule has 1 aliphatic heterocycles. The van der Waals surface area contributed by atoms with Crippen LogP contribution < -0.4 is 9.64 Å². The normalized spacial score (nSPS) is 16.8. The van der Waals surface area contributed by atoms with E-state index in [2.05, 4.69) is 4.74 Å². The molecule has 0 unspecified atom stereocenters. The smallest absolute Gasteiger partial charge is 0.417 e. The lowest BCUT2D eigenvalue weighted by molar-refractivity contribution is -0.274. The first-order valence-corrected chi connectivity index (χ1v) is 11.4. The zero-order valence-corrected chi connectivity index (χ0v) is 18.8. The number of amides is 1. The molecule has 1 fully saturated rings. The van der Waals surface area contributed by atoms with Gasteiger partial charge >= 0.3 is 12.5 Å². The van der Waals surface area contributed by atoms with Crippen LogP contribution in [-0.2, 0) is 14.8 Å². The largest absolute Gasteiger partial charge is 0.573 e. The summed E-state index contributed by atoms with van der Waals surface area (Å²) in [6.07, 6.45) is -6.18. The number of rotatable bonds is 5. The highest BCUT2D eigenvalue weighted by Gasteiger charge is 2.41. The maximum atomic E-state index is 12.8. The van der Waals surface area contributed by atoms with Gasteiger partial charge in [-0.15, -0.1) is 13.2 Å². The third-order valence-corrected chi connectivity index (χ3v) is 7.37. The minimum absolute atomic E-state index is 0.0632. The molecule has 3 rings (SSSR count). The van der Waals surface area contributed by atoms with E-state index in [1.54, 1.807) is 12.1 Å². The second-order valence-electron chi connectivity index (χ2n) is 7.25. The predicted molar refractivity (Wildman–Crippen MR) is 112 cm³/mol. The van der Waals surface area contributed by atoms with E-state index in [4.69, 9.17) is 16.3 Å². The number of hydrogen-bond acceptors (Lipinski definition) is 6. The lowest BCUT2D eigenvalue weighted by Gasteiger charge is -2.37. The summed E-state index contributed by atoms with van der Waals surface area (Å²) in [4.78, 5) is 13.4. The van der Waals surface area contributed by atoms with Crippen LogP contribution in [-0.4, -0.2) is 56.2 Å². The molecule has 0 aliphatic carbocycles. The fraction of sp³-hybridized carbons (Fsp3) is 0.350. The topological polar surface area (TPSA) is 96.4 Å². The van der Waals surface area contributed by atoms with Gasteiger partial charge in [0.15, 0.2) is 0 Å². The second kappa shape index (κ2) is 9.37. The zero-order valence-electron chi connectivity index (χ0n) is 17.3. The lowest BCUT2D eigenvalue weighted by Crippen LogP contribution is -2.50. The van der Waals surface area contributed by atoms with E-state index >= 15 is 0 Å². The third kappa shape index (κ3) is 6.08. The van der Waals surface area contributed by atoms with Gasteiger partial charge in [0.2, 0.25) is 15.8 Å². The number of nitrogens with zero attached hydrogens (tertiary/aromatic N) is 2. The Morgan fingerprint density at radius 2 is 1.70 bits per heavy atom. The Labute approximate surface area is 193 Å². The van der Waals surface area contributed by atoms with E-state index in [9.17, 15) is 31.5 Å². The number of anilines is 1. The molecule has 8 nitrogen and oxygen atoms in total. The van der Waals surface area contributed by atoms with Crippen molar-refractivity contribution in [1.29, 1.82) is 0 Å². The minimum Gasteiger partial charge on any atom is -0.417 e. The number of carbonyl (C=O) groups excluding carboxylic acids is 1. The average molecular weight is 509 g/mol. The van der Waals surface area contributed by atoms with Gasteiger partial charge in [0.1, 0.15) is 10.6 Å². The van der Waals surface area contributed by atoms with Crippen molar-refractivity contribution in [3.05, 3.63) is 53.6 Å². The number of halogens is 4. The molecule has 33 heavy (non-hydrogen) atoms. The van der Waals surface area contributed by atoms with E-state index in [0.717, 1.165) is 21.3 Å². The van der Waals surface area contributed by atoms with Crippen molar-refractivity contribution >= 4 is 33.4 Å². The van der Waals surface area contributed by atoms with Crippen LogP contribution in [0.2, 0.25) is 5.02 Å². The standard InChI is InChI=1S/C20H20ClF3N2O6S/c1-25(14-6-8-15(9-7-14)31-20(22,23)24)18(27)32-19(28)10-12-26(13-11-19)33(29,30)17-5-3-2-4-16(17)21/h2-9,28H,10-13H2,1H3. The molecule has 180 valence electrons. The van der Waals surface area contributed by atoms with Crippen molar-refractivity contribution in [2.45, 2.75) is 29.9 Å². The molecule has 1 heterocycles. The van der Waals surface area contributed by atoms with Gasteiger partial charge in [0.25, 0.3) is 0 Å². The summed E-state index contributed by atoms with van der Waals surface area (Å²) < 4.78 is 72.5. The number of hydrogen-bond donors (Lipinski definition) is 1. The molecule has 13 heteroatoms. The monoisotopic (exact) mass is 508 g/mol. The molecule has 1 N–H and O–H groups in total. The summed E-state index contributed by atoms with van der Waals surface area (Å²) in [7, 11) is -2.59. The molecule has 0 spiro atoms. The van der Waals surface area contributed by atoms with Crippen molar-refractivity contribution in [2.24, 2.45) is 0 Å². The Morgan fingerprint density at radius 1 is 1.12 bits per heavy atom. The van der Waals surface area contributed by atoms with Crippen molar-refractivity contribution < 1.29 is 41.0 Å². The van der Waals surface area contributed by atoms with Crippen molar-refractivity contribution in [3.63, 3.8) is 0 Å². The van der Waals surface area contributed by atoms with Crippen molar-refractivity contribution in [2.75, 3.05) is 25.0 Å². The summed E-state index contributed by atoms with van der Waals surface area (Å²) in [5.41, 5.74) is 0.192. The number of alkyl halides is 3. The second-order valence-corrected chi connectivity index (χ2v) is 9.56. The fourth-order valence-electron chi connectivity index (χ4n) is 3.18. The highest BCUT2D eigenvalue weighted by atomic mass is 35.5. The van der Waals surface area contributed by atoms with Crippen LogP contribution in [0.15, 0.2) is 53.4 Å². The van der Waals surface area contributed by atoms with Gasteiger partial charge in [-0.05, 0) is 36.4 Å². The van der Waals surface area contributed by atoms with Crippen molar-refractivity contribution in [1.82, 2.24) is 4.31 Å². The molecule has 0 radical (unpaired) electrons. The molecule has 1 saturated heterocycles. The Balaban J connectivity index is 1.61. The average Bonchev–Trinajstić information content (AvgIpc) is 2.73. The highest BCUT2D eigenvalue weighted by molar-refractivity contribution is 7.89. The van der Waals surface area contributed by atoms with Crippen LogP contribution in [0.4, 0.5) is 23.7 Å². The van der Waals surface area contributed by atoms with Crippen LogP contribution in [0.3, 0.4) is 0 Å². The molecular formula is C20H20ClF3N2O6S. The molecule has 2 aromatic rings. The fourth-order valence-corrected chi connectivity index (χ4v) is 5.11. The molecule has 2 aromatic carbocycles. The predicted octanol–water partition coefficient (Wildman–Crippen LogP) is 3.98. The summed E-state index contributed by atoms with van der Waals surface area (Å²) in [6.45, 7) is -0.241. The van der Waals surface area contributed by atoms with Crippen LogP contribution in [0.25, 0.3) is 0 Å². The molecule has 0 bridgehead atoms. The number of carbonyl (C=O) groups is 1. The number of piperidine rings is 1. The Bertz CT molecular complexity index is 1100. The Kier molecular flexibility index (Phi) is 7.13. The van der Waals surface area contributed by atoms with Crippen LogP contribution in [0.1, 0.15) is 12.8 Å². The lowest BCUT2D eigenvalue weighted by atomic mass is 10.1. The summed E-state index contributed by atoms with van der Waals surface area (Å²) >= 11 is 5.99. The maximum Gasteiger partial charge on any atom is 0.573 e. The summed E-state index contributed by atoms with van der Waals surface area (Å²) in [6, 6.07) is 10.4. The van der Waals surface area contributed by atoms with Gasteiger partial charge in [-0.3, -0.25) is 4.90 Å². The highest BCUT2D eigenvalue weighted by Crippen LogP contribution is 2.31. The molecule has 0 saturated carbocycles. The van der Waals surface area contributed by atoms with Gasteiger partial charge in [-0.25, -0.2) is 13.2 Å². The first-order valence-electron chi connectivity index (χ1n) is 9.60. The van der Waals surface area contributed by atoms with E-state index in [-0.39, 0.29) is 41.5 Å². The summed E-state index contributed by atoms with van der Waals surface area (Å²) in [5.74, 6) is -2.38. The number of sulfonamides is 1. The van der Waals surface area contributed by atoms with Crippen LogP contribution >= 0.6 is 11.6 Å². The zero-order chi connectivity index (χ0) is 24.4. The van der Waals surface area contributed by atoms with Gasteiger partial charge in [0.05, 0.1) is 5.02 Å². The van der Waals surface area contributed by atoms with Crippen LogP contribution in [0.5, 0.6) is 5.75 Å². The Hall–Kier alpha value is -2.54. The van der Waals surface area contributed by atoms with Crippen LogP contribution in [0, 0.1) is 0 Å². The molecule has 1 aliphatic rings. The minimum atomic E-state index is -4.84. The quantitative estimate of drug-likeness (QED) is 0.614. The van der Waals surface area contributed by atoms with Gasteiger partial charge in [0, 0.05) is 38.7 Å². The molecule has 0 atom stereocenters. The molecular weight excluding hydrogens is 489 g/mol. The first kappa shape index (κ1) is 25.1. The molecule has 0 aromatic heterocycles. The van der Waals surface area contributed by atoms with Gasteiger partial charge in [-0.1, -0.05) is 23.7 Å². The van der Waals surface area contributed by atoms with E-state index in [1.165, 1.54) is 31.3 Å². The summed E-state index contributed by atoms with van der Waals surface area (Å²) in [5, 5.41) is 10.7. The number of ether oxygens (including phenoxy) is 2. The third-order valence-electron chi connectivity index (χ3n) is 4.97. The van der Waals surface area contributed by atoms with E-state index in [0.29, 0.717) is 0 Å². The molecule has 1 amide bonds. The van der Waals surface area contributed by atoms with Crippen molar-refractivity contribution in [3.8, 4) is 5.75 Å².